The topological polar surface area (TPSA) is 49.6 Å². The van der Waals surface area contributed by atoms with Crippen LogP contribution in [0.15, 0.2) is 71.3 Å². The Hall–Kier alpha value is -3.52. The molecule has 3 aromatic carbocycles. The van der Waals surface area contributed by atoms with Crippen LogP contribution < -0.4 is 4.90 Å². The predicted molar refractivity (Wildman–Crippen MR) is 124 cm³/mol. The number of benzene rings is 3. The molecule has 1 aromatic heterocycles. The van der Waals surface area contributed by atoms with E-state index in [4.69, 9.17) is 16.1 Å². The van der Waals surface area contributed by atoms with Gasteiger partial charge in [-0.1, -0.05) is 22.8 Å². The number of rotatable bonds is 3. The number of aromatic nitrogens is 1. The highest BCUT2D eigenvalue weighted by atomic mass is 35.5. The smallest absolute Gasteiger partial charge is 0.368 e. The maximum atomic E-state index is 13.2. The molecule has 2 heterocycles. The molecule has 0 spiro atoms. The lowest BCUT2D eigenvalue weighted by Crippen LogP contribution is -2.48. The molecule has 0 atom stereocenters. The molecule has 34 heavy (non-hydrogen) atoms. The number of carbonyl (C=O) groups is 1. The molecular weight excluding hydrogens is 467 g/mol. The number of halogens is 4. The fourth-order valence-corrected chi connectivity index (χ4v) is 4.24. The van der Waals surface area contributed by atoms with Gasteiger partial charge in [0.1, 0.15) is 5.52 Å². The number of piperazine rings is 1. The number of hydrogen-bond donors (Lipinski definition) is 0. The van der Waals surface area contributed by atoms with Crippen molar-refractivity contribution < 1.29 is 22.5 Å². The van der Waals surface area contributed by atoms with Crippen LogP contribution in [-0.4, -0.2) is 42.1 Å². The first-order valence-corrected chi connectivity index (χ1v) is 11.0. The van der Waals surface area contributed by atoms with Crippen LogP contribution in [0.5, 0.6) is 0 Å². The zero-order chi connectivity index (χ0) is 23.9. The molecule has 1 saturated heterocycles. The van der Waals surface area contributed by atoms with E-state index in [9.17, 15) is 18.0 Å². The Balaban J connectivity index is 1.32. The molecule has 0 aliphatic carbocycles. The van der Waals surface area contributed by atoms with Crippen LogP contribution in [0.2, 0.25) is 5.02 Å². The van der Waals surface area contributed by atoms with Gasteiger partial charge in [0.05, 0.1) is 10.9 Å². The van der Waals surface area contributed by atoms with Crippen molar-refractivity contribution in [2.24, 2.45) is 0 Å². The minimum Gasteiger partial charge on any atom is -0.368 e. The van der Waals surface area contributed by atoms with Gasteiger partial charge >= 0.3 is 6.18 Å². The lowest BCUT2D eigenvalue weighted by atomic mass is 10.1. The Morgan fingerprint density at radius 2 is 1.68 bits per heavy atom. The van der Waals surface area contributed by atoms with Crippen molar-refractivity contribution in [1.29, 1.82) is 0 Å². The van der Waals surface area contributed by atoms with Gasteiger partial charge < -0.3 is 14.3 Å². The summed E-state index contributed by atoms with van der Waals surface area (Å²) in [5.41, 5.74) is 1.75. The lowest BCUT2D eigenvalue weighted by Gasteiger charge is -2.36. The van der Waals surface area contributed by atoms with Crippen molar-refractivity contribution in [1.82, 2.24) is 10.1 Å². The Kier molecular flexibility index (Phi) is 5.69. The summed E-state index contributed by atoms with van der Waals surface area (Å²) in [4.78, 5) is 16.7. The van der Waals surface area contributed by atoms with Crippen molar-refractivity contribution >= 4 is 34.1 Å². The molecule has 4 aromatic rings. The second-order valence-corrected chi connectivity index (χ2v) is 8.51. The number of anilines is 1. The zero-order valence-electron chi connectivity index (χ0n) is 17.8. The summed E-state index contributed by atoms with van der Waals surface area (Å²) >= 11 is 5.97. The van der Waals surface area contributed by atoms with Crippen LogP contribution >= 0.6 is 11.6 Å². The SMILES string of the molecule is O=C(c1ccc2noc(-c3ccc(Cl)cc3)c2c1)N1CCN(c2cccc(C(F)(F)F)c2)CC1. The third-order valence-electron chi connectivity index (χ3n) is 5.94. The van der Waals surface area contributed by atoms with Gasteiger partial charge in [0, 0.05) is 48.0 Å². The molecular formula is C25H19ClF3N3O2. The number of nitrogens with zero attached hydrogens (tertiary/aromatic N) is 3. The number of hydrogen-bond acceptors (Lipinski definition) is 4. The first-order valence-electron chi connectivity index (χ1n) is 10.7. The molecule has 0 bridgehead atoms. The number of alkyl halides is 3. The molecule has 1 aliphatic heterocycles. The largest absolute Gasteiger partial charge is 0.416 e. The molecule has 0 N–H and O–H groups in total. The molecule has 0 unspecified atom stereocenters. The molecule has 174 valence electrons. The van der Waals surface area contributed by atoms with E-state index in [2.05, 4.69) is 5.16 Å². The minimum atomic E-state index is -4.39. The quantitative estimate of drug-likeness (QED) is 0.350. The Morgan fingerprint density at radius 3 is 2.38 bits per heavy atom. The summed E-state index contributed by atoms with van der Waals surface area (Å²) in [5, 5.41) is 5.40. The van der Waals surface area contributed by atoms with Gasteiger partial charge in [-0.15, -0.1) is 0 Å². The van der Waals surface area contributed by atoms with Crippen LogP contribution in [0.25, 0.3) is 22.2 Å². The fraction of sp³-hybridized carbons (Fsp3) is 0.200. The molecule has 5 rings (SSSR count). The van der Waals surface area contributed by atoms with E-state index in [0.717, 1.165) is 23.1 Å². The van der Waals surface area contributed by atoms with Crippen LogP contribution in [0.4, 0.5) is 18.9 Å². The zero-order valence-corrected chi connectivity index (χ0v) is 18.6. The summed E-state index contributed by atoms with van der Waals surface area (Å²) in [6.07, 6.45) is -4.39. The van der Waals surface area contributed by atoms with Crippen molar-refractivity contribution in [3.05, 3.63) is 82.9 Å². The summed E-state index contributed by atoms with van der Waals surface area (Å²) in [5.74, 6) is 0.407. The maximum Gasteiger partial charge on any atom is 0.416 e. The molecule has 1 amide bonds. The molecule has 5 nitrogen and oxygen atoms in total. The Bertz CT molecular complexity index is 1340. The lowest BCUT2D eigenvalue weighted by molar-refractivity contribution is -0.137. The first-order chi connectivity index (χ1) is 16.3. The monoisotopic (exact) mass is 485 g/mol. The van der Waals surface area contributed by atoms with Crippen molar-refractivity contribution in [2.75, 3.05) is 31.1 Å². The standard InChI is InChI=1S/C25H19ClF3N3O2/c26-19-7-4-16(5-8-19)23-21-14-17(6-9-22(21)30-34-23)24(33)32-12-10-31(11-13-32)20-3-1-2-18(15-20)25(27,28)29/h1-9,14-15H,10-13H2. The van der Waals surface area contributed by atoms with E-state index in [1.807, 2.05) is 17.0 Å². The highest BCUT2D eigenvalue weighted by molar-refractivity contribution is 6.30. The number of carbonyl (C=O) groups excluding carboxylic acids is 1. The van der Waals surface area contributed by atoms with E-state index >= 15 is 0 Å². The minimum absolute atomic E-state index is 0.145. The van der Waals surface area contributed by atoms with Crippen LogP contribution in [0, 0.1) is 0 Å². The van der Waals surface area contributed by atoms with Crippen molar-refractivity contribution in [2.45, 2.75) is 6.18 Å². The highest BCUT2D eigenvalue weighted by Crippen LogP contribution is 2.33. The van der Waals surface area contributed by atoms with E-state index in [-0.39, 0.29) is 5.91 Å². The molecule has 0 saturated carbocycles. The van der Waals surface area contributed by atoms with Gasteiger partial charge in [-0.05, 0) is 60.7 Å². The number of fused-ring (bicyclic) bond motifs is 1. The normalized spacial score (nSPS) is 14.6. The average molecular weight is 486 g/mol. The summed E-state index contributed by atoms with van der Waals surface area (Å²) in [7, 11) is 0. The molecule has 9 heteroatoms. The van der Waals surface area contributed by atoms with E-state index < -0.39 is 11.7 Å². The summed E-state index contributed by atoms with van der Waals surface area (Å²) < 4.78 is 44.6. The van der Waals surface area contributed by atoms with Crippen LogP contribution in [-0.2, 0) is 6.18 Å². The number of amides is 1. The average Bonchev–Trinajstić information content (AvgIpc) is 3.27. The van der Waals surface area contributed by atoms with E-state index in [0.29, 0.717) is 53.7 Å². The third-order valence-corrected chi connectivity index (χ3v) is 6.19. The van der Waals surface area contributed by atoms with Gasteiger partial charge in [-0.25, -0.2) is 0 Å². The summed E-state index contributed by atoms with van der Waals surface area (Å²) in [6.45, 7) is 1.69. The maximum absolute atomic E-state index is 13.2. The van der Waals surface area contributed by atoms with Gasteiger partial charge in [-0.3, -0.25) is 4.79 Å². The van der Waals surface area contributed by atoms with Crippen LogP contribution in [0.3, 0.4) is 0 Å². The van der Waals surface area contributed by atoms with Crippen LogP contribution in [0.1, 0.15) is 15.9 Å². The van der Waals surface area contributed by atoms with Crippen molar-refractivity contribution in [3.63, 3.8) is 0 Å². The van der Waals surface area contributed by atoms with Gasteiger partial charge in [0.2, 0.25) is 0 Å². The van der Waals surface area contributed by atoms with E-state index in [1.54, 1.807) is 41.3 Å². The third kappa shape index (κ3) is 4.33. The Labute approximate surface area is 198 Å². The van der Waals surface area contributed by atoms with Crippen molar-refractivity contribution in [3.8, 4) is 11.3 Å². The molecule has 1 fully saturated rings. The van der Waals surface area contributed by atoms with E-state index in [1.165, 1.54) is 6.07 Å². The fourth-order valence-electron chi connectivity index (χ4n) is 4.11. The second-order valence-electron chi connectivity index (χ2n) is 8.08. The summed E-state index contributed by atoms with van der Waals surface area (Å²) in [6, 6.07) is 17.6. The Morgan fingerprint density at radius 1 is 0.941 bits per heavy atom. The molecule has 0 radical (unpaired) electrons. The van der Waals surface area contributed by atoms with Gasteiger partial charge in [0.25, 0.3) is 5.91 Å². The molecule has 1 aliphatic rings. The first kappa shape index (κ1) is 22.3. The van der Waals surface area contributed by atoms with Gasteiger partial charge in [-0.2, -0.15) is 13.2 Å². The second kappa shape index (κ2) is 8.68. The predicted octanol–water partition coefficient (Wildman–Crippen LogP) is 6.13. The van der Waals surface area contributed by atoms with Gasteiger partial charge in [0.15, 0.2) is 5.76 Å². The highest BCUT2D eigenvalue weighted by Gasteiger charge is 2.31.